The fourth-order valence-corrected chi connectivity index (χ4v) is 3.21. The van der Waals surface area contributed by atoms with Gasteiger partial charge in [0.05, 0.1) is 0 Å². The van der Waals surface area contributed by atoms with Crippen LogP contribution < -0.4 is 0 Å². The lowest BCUT2D eigenvalue weighted by Gasteiger charge is -2.31. The summed E-state index contributed by atoms with van der Waals surface area (Å²) in [6, 6.07) is 20.1. The normalized spacial score (nSPS) is 16.2. The summed E-state index contributed by atoms with van der Waals surface area (Å²) in [5.74, 6) is 0. The Morgan fingerprint density at radius 2 is 1.29 bits per heavy atom. The molecule has 0 bridgehead atoms. The van der Waals surface area contributed by atoms with Crippen molar-refractivity contribution in [3.05, 3.63) is 71.8 Å². The van der Waals surface area contributed by atoms with Gasteiger partial charge < -0.3 is 10.0 Å². The standard InChI is InChI=1S/C19H23NO/c21-19(17-9-3-1-4-10-17,18-11-5-2-6-12-18)13-16-20-14-7-8-15-20/h1-6,9-12,21H,7-8,13-16H2. The van der Waals surface area contributed by atoms with Crippen molar-refractivity contribution in [2.24, 2.45) is 0 Å². The van der Waals surface area contributed by atoms with Gasteiger partial charge in [0, 0.05) is 6.54 Å². The number of hydrogen-bond donors (Lipinski definition) is 1. The van der Waals surface area contributed by atoms with Gasteiger partial charge in [-0.1, -0.05) is 60.7 Å². The molecule has 3 rings (SSSR count). The molecule has 0 aliphatic carbocycles. The van der Waals surface area contributed by atoms with Crippen LogP contribution in [0.4, 0.5) is 0 Å². The third-order valence-electron chi connectivity index (χ3n) is 4.49. The SMILES string of the molecule is OC(CCN1CCCC1)(c1ccccc1)c1ccccc1. The van der Waals surface area contributed by atoms with Crippen LogP contribution in [0.1, 0.15) is 30.4 Å². The zero-order valence-electron chi connectivity index (χ0n) is 12.4. The van der Waals surface area contributed by atoms with Crippen molar-refractivity contribution in [3.63, 3.8) is 0 Å². The first-order valence-electron chi connectivity index (χ1n) is 7.85. The highest BCUT2D eigenvalue weighted by molar-refractivity contribution is 5.35. The van der Waals surface area contributed by atoms with Gasteiger partial charge in [0.2, 0.25) is 0 Å². The monoisotopic (exact) mass is 281 g/mol. The summed E-state index contributed by atoms with van der Waals surface area (Å²) in [6.07, 6.45) is 3.31. The second-order valence-electron chi connectivity index (χ2n) is 5.89. The van der Waals surface area contributed by atoms with Crippen molar-refractivity contribution in [2.45, 2.75) is 24.9 Å². The average molecular weight is 281 g/mol. The van der Waals surface area contributed by atoms with Gasteiger partial charge in [-0.25, -0.2) is 0 Å². The Morgan fingerprint density at radius 1 is 0.810 bits per heavy atom. The Morgan fingerprint density at radius 3 is 1.76 bits per heavy atom. The van der Waals surface area contributed by atoms with Crippen molar-refractivity contribution < 1.29 is 5.11 Å². The smallest absolute Gasteiger partial charge is 0.116 e. The molecular formula is C19H23NO. The summed E-state index contributed by atoms with van der Waals surface area (Å²) in [6.45, 7) is 3.28. The van der Waals surface area contributed by atoms with Gasteiger partial charge in [0.1, 0.15) is 5.60 Å². The van der Waals surface area contributed by atoms with Gasteiger partial charge in [-0.2, -0.15) is 0 Å². The van der Waals surface area contributed by atoms with E-state index < -0.39 is 5.60 Å². The largest absolute Gasteiger partial charge is 0.380 e. The summed E-state index contributed by atoms with van der Waals surface area (Å²) in [5, 5.41) is 11.4. The third kappa shape index (κ3) is 3.17. The molecule has 0 amide bonds. The number of aliphatic hydroxyl groups is 1. The summed E-state index contributed by atoms with van der Waals surface area (Å²) in [4.78, 5) is 2.46. The van der Waals surface area contributed by atoms with Crippen molar-refractivity contribution in [1.29, 1.82) is 0 Å². The number of rotatable bonds is 5. The molecule has 2 aromatic carbocycles. The van der Waals surface area contributed by atoms with Crippen LogP contribution in [0.3, 0.4) is 0 Å². The fourth-order valence-electron chi connectivity index (χ4n) is 3.21. The first-order valence-corrected chi connectivity index (χ1v) is 7.85. The molecule has 2 aromatic rings. The number of nitrogens with zero attached hydrogens (tertiary/aromatic N) is 1. The molecule has 0 radical (unpaired) electrons. The highest BCUT2D eigenvalue weighted by Crippen LogP contribution is 2.33. The molecule has 2 nitrogen and oxygen atoms in total. The van der Waals surface area contributed by atoms with E-state index in [-0.39, 0.29) is 0 Å². The Labute approximate surface area is 127 Å². The van der Waals surface area contributed by atoms with Crippen LogP contribution >= 0.6 is 0 Å². The highest BCUT2D eigenvalue weighted by Gasteiger charge is 2.31. The summed E-state index contributed by atoms with van der Waals surface area (Å²) >= 11 is 0. The minimum atomic E-state index is -0.898. The zero-order valence-corrected chi connectivity index (χ0v) is 12.4. The average Bonchev–Trinajstić information content (AvgIpc) is 3.08. The fraction of sp³-hybridized carbons (Fsp3) is 0.368. The molecule has 0 saturated carbocycles. The van der Waals surface area contributed by atoms with Gasteiger partial charge >= 0.3 is 0 Å². The molecule has 1 aliphatic rings. The maximum Gasteiger partial charge on any atom is 0.116 e. The lowest BCUT2D eigenvalue weighted by molar-refractivity contribution is 0.0602. The molecule has 1 fully saturated rings. The maximum absolute atomic E-state index is 11.4. The van der Waals surface area contributed by atoms with E-state index in [9.17, 15) is 5.11 Å². The van der Waals surface area contributed by atoms with E-state index in [1.165, 1.54) is 25.9 Å². The minimum Gasteiger partial charge on any atom is -0.380 e. The molecule has 1 aliphatic heterocycles. The van der Waals surface area contributed by atoms with Crippen LogP contribution in [-0.2, 0) is 5.60 Å². The topological polar surface area (TPSA) is 23.5 Å². The summed E-state index contributed by atoms with van der Waals surface area (Å²) in [5.41, 5.74) is 1.07. The van der Waals surface area contributed by atoms with Crippen molar-refractivity contribution in [3.8, 4) is 0 Å². The molecule has 110 valence electrons. The quantitative estimate of drug-likeness (QED) is 0.908. The summed E-state index contributed by atoms with van der Waals surface area (Å²) in [7, 11) is 0. The van der Waals surface area contributed by atoms with Crippen molar-refractivity contribution >= 4 is 0 Å². The van der Waals surface area contributed by atoms with Gasteiger partial charge in [0.25, 0.3) is 0 Å². The second kappa shape index (κ2) is 6.42. The number of hydrogen-bond acceptors (Lipinski definition) is 2. The van der Waals surface area contributed by atoms with Crippen LogP contribution in [0.15, 0.2) is 60.7 Å². The van der Waals surface area contributed by atoms with E-state index in [1.54, 1.807) is 0 Å². The molecule has 0 unspecified atom stereocenters. The van der Waals surface area contributed by atoms with E-state index in [0.717, 1.165) is 24.1 Å². The van der Waals surface area contributed by atoms with E-state index in [1.807, 2.05) is 60.7 Å². The van der Waals surface area contributed by atoms with Gasteiger partial charge in [-0.3, -0.25) is 0 Å². The van der Waals surface area contributed by atoms with Gasteiger partial charge in [0.15, 0.2) is 0 Å². The third-order valence-corrected chi connectivity index (χ3v) is 4.49. The van der Waals surface area contributed by atoms with E-state index in [0.29, 0.717) is 0 Å². The molecule has 1 saturated heterocycles. The van der Waals surface area contributed by atoms with Crippen LogP contribution in [0.2, 0.25) is 0 Å². The second-order valence-corrected chi connectivity index (χ2v) is 5.89. The number of likely N-dealkylation sites (tertiary alicyclic amines) is 1. The van der Waals surface area contributed by atoms with E-state index >= 15 is 0 Å². The maximum atomic E-state index is 11.4. The molecule has 2 heteroatoms. The zero-order chi connectivity index (χ0) is 14.5. The molecule has 0 atom stereocenters. The van der Waals surface area contributed by atoms with Crippen LogP contribution in [-0.4, -0.2) is 29.6 Å². The Balaban J connectivity index is 1.87. The van der Waals surface area contributed by atoms with Crippen molar-refractivity contribution in [1.82, 2.24) is 4.90 Å². The van der Waals surface area contributed by atoms with E-state index in [4.69, 9.17) is 0 Å². The highest BCUT2D eigenvalue weighted by atomic mass is 16.3. The van der Waals surface area contributed by atoms with Crippen LogP contribution in [0.25, 0.3) is 0 Å². The molecule has 1 N–H and O–H groups in total. The molecule has 1 heterocycles. The van der Waals surface area contributed by atoms with Gasteiger partial charge in [-0.05, 0) is 43.5 Å². The molecule has 21 heavy (non-hydrogen) atoms. The number of benzene rings is 2. The Bertz CT molecular complexity index is 507. The van der Waals surface area contributed by atoms with Crippen LogP contribution in [0.5, 0.6) is 0 Å². The first kappa shape index (κ1) is 14.3. The predicted octanol–water partition coefficient (Wildman–Crippen LogP) is 3.41. The lowest BCUT2D eigenvalue weighted by Crippen LogP contribution is -2.33. The Hall–Kier alpha value is -1.64. The predicted molar refractivity (Wildman–Crippen MR) is 86.2 cm³/mol. The molecular weight excluding hydrogens is 258 g/mol. The lowest BCUT2D eigenvalue weighted by atomic mass is 9.83. The summed E-state index contributed by atoms with van der Waals surface area (Å²) < 4.78 is 0. The molecule has 0 aromatic heterocycles. The minimum absolute atomic E-state index is 0.737. The van der Waals surface area contributed by atoms with Crippen LogP contribution in [0, 0.1) is 0 Å². The van der Waals surface area contributed by atoms with Crippen molar-refractivity contribution in [2.75, 3.05) is 19.6 Å². The first-order chi connectivity index (χ1) is 10.3. The Kier molecular flexibility index (Phi) is 4.37. The van der Waals surface area contributed by atoms with Gasteiger partial charge in [-0.15, -0.1) is 0 Å². The molecule has 0 spiro atoms. The van der Waals surface area contributed by atoms with E-state index in [2.05, 4.69) is 4.90 Å².